The van der Waals surface area contributed by atoms with Gasteiger partial charge in [-0.25, -0.2) is 0 Å². The third kappa shape index (κ3) is 3.57. The first-order valence-corrected chi connectivity index (χ1v) is 7.94. The zero-order valence-electron chi connectivity index (χ0n) is 12.7. The van der Waals surface area contributed by atoms with Gasteiger partial charge in [-0.05, 0) is 41.2 Å². The predicted octanol–water partition coefficient (Wildman–Crippen LogP) is 5.17. The minimum Gasteiger partial charge on any atom is -0.398 e. The van der Waals surface area contributed by atoms with Crippen LogP contribution in [0.4, 0.5) is 5.69 Å². The van der Waals surface area contributed by atoms with Crippen molar-refractivity contribution >= 4 is 17.4 Å². The summed E-state index contributed by atoms with van der Waals surface area (Å²) < 4.78 is 0. The minimum atomic E-state index is 0.218. The summed E-state index contributed by atoms with van der Waals surface area (Å²) >= 11 is 1.85. The number of hydrogen-bond donors (Lipinski definition) is 1. The fourth-order valence-corrected chi connectivity index (χ4v) is 3.07. The summed E-state index contributed by atoms with van der Waals surface area (Å²) in [6, 6.07) is 15.1. The van der Waals surface area contributed by atoms with Gasteiger partial charge in [0.15, 0.2) is 0 Å². The van der Waals surface area contributed by atoms with E-state index >= 15 is 0 Å². The SMILES string of the molecule is Cc1c(N)cccc1SCc1ccc(C(C)(C)C)cc1. The summed E-state index contributed by atoms with van der Waals surface area (Å²) in [4.78, 5) is 1.27. The van der Waals surface area contributed by atoms with Crippen LogP contribution in [0.15, 0.2) is 47.4 Å². The Kier molecular flexibility index (Phi) is 4.44. The summed E-state index contributed by atoms with van der Waals surface area (Å²) in [5, 5.41) is 0. The molecule has 106 valence electrons. The Morgan fingerprint density at radius 1 is 1.00 bits per heavy atom. The zero-order chi connectivity index (χ0) is 14.8. The van der Waals surface area contributed by atoms with E-state index in [1.54, 1.807) is 0 Å². The van der Waals surface area contributed by atoms with Gasteiger partial charge in [0.05, 0.1) is 0 Å². The second-order valence-corrected chi connectivity index (χ2v) is 7.22. The molecule has 0 aromatic heterocycles. The van der Waals surface area contributed by atoms with Crippen molar-refractivity contribution in [3.05, 3.63) is 59.2 Å². The normalized spacial score (nSPS) is 11.6. The van der Waals surface area contributed by atoms with E-state index in [2.05, 4.69) is 58.0 Å². The maximum Gasteiger partial charge on any atom is 0.0354 e. The van der Waals surface area contributed by atoms with Gasteiger partial charge in [-0.15, -0.1) is 11.8 Å². The molecule has 0 atom stereocenters. The Morgan fingerprint density at radius 2 is 1.65 bits per heavy atom. The molecule has 1 nitrogen and oxygen atoms in total. The van der Waals surface area contributed by atoms with Gasteiger partial charge >= 0.3 is 0 Å². The summed E-state index contributed by atoms with van der Waals surface area (Å²) in [5.41, 5.74) is 11.0. The Bertz CT molecular complexity index is 579. The largest absolute Gasteiger partial charge is 0.398 e. The number of nitrogens with two attached hydrogens (primary N) is 1. The molecule has 0 radical (unpaired) electrons. The molecular formula is C18H23NS. The molecule has 0 spiro atoms. The molecular weight excluding hydrogens is 262 g/mol. The Hall–Kier alpha value is -1.41. The van der Waals surface area contributed by atoms with Crippen molar-refractivity contribution in [2.24, 2.45) is 0 Å². The van der Waals surface area contributed by atoms with Crippen molar-refractivity contribution in [1.29, 1.82) is 0 Å². The lowest BCUT2D eigenvalue weighted by molar-refractivity contribution is 0.590. The quantitative estimate of drug-likeness (QED) is 0.622. The fraction of sp³-hybridized carbons (Fsp3) is 0.333. The molecule has 0 saturated heterocycles. The van der Waals surface area contributed by atoms with Crippen LogP contribution in [0.5, 0.6) is 0 Å². The predicted molar refractivity (Wildman–Crippen MR) is 90.3 cm³/mol. The van der Waals surface area contributed by atoms with Crippen LogP contribution >= 0.6 is 11.8 Å². The Balaban J connectivity index is 2.06. The molecule has 2 N–H and O–H groups in total. The molecule has 2 heteroatoms. The zero-order valence-corrected chi connectivity index (χ0v) is 13.6. The Labute approximate surface area is 126 Å². The van der Waals surface area contributed by atoms with Crippen molar-refractivity contribution in [1.82, 2.24) is 0 Å². The lowest BCUT2D eigenvalue weighted by Gasteiger charge is -2.19. The number of nitrogen functional groups attached to an aromatic ring is 1. The number of hydrogen-bond acceptors (Lipinski definition) is 2. The van der Waals surface area contributed by atoms with E-state index in [0.717, 1.165) is 11.4 Å². The third-order valence-electron chi connectivity index (χ3n) is 3.54. The summed E-state index contributed by atoms with van der Waals surface area (Å²) in [6.07, 6.45) is 0. The molecule has 0 amide bonds. The second kappa shape index (κ2) is 5.92. The molecule has 2 aromatic carbocycles. The summed E-state index contributed by atoms with van der Waals surface area (Å²) in [6.45, 7) is 8.81. The van der Waals surface area contributed by atoms with E-state index in [9.17, 15) is 0 Å². The van der Waals surface area contributed by atoms with E-state index < -0.39 is 0 Å². The maximum atomic E-state index is 5.94. The molecule has 0 unspecified atom stereocenters. The van der Waals surface area contributed by atoms with Crippen LogP contribution in [0.3, 0.4) is 0 Å². The summed E-state index contributed by atoms with van der Waals surface area (Å²) in [7, 11) is 0. The minimum absolute atomic E-state index is 0.218. The van der Waals surface area contributed by atoms with E-state index in [1.807, 2.05) is 23.9 Å². The maximum absolute atomic E-state index is 5.94. The molecule has 20 heavy (non-hydrogen) atoms. The van der Waals surface area contributed by atoms with Crippen LogP contribution in [0.1, 0.15) is 37.5 Å². The molecule has 0 aliphatic carbocycles. The molecule has 0 heterocycles. The van der Waals surface area contributed by atoms with Crippen molar-refractivity contribution in [3.8, 4) is 0 Å². The standard InChI is InChI=1S/C18H23NS/c1-13-16(19)6-5-7-17(13)20-12-14-8-10-15(11-9-14)18(2,3)4/h5-11H,12,19H2,1-4H3. The van der Waals surface area contributed by atoms with Crippen LogP contribution in [-0.4, -0.2) is 0 Å². The van der Waals surface area contributed by atoms with Crippen LogP contribution < -0.4 is 5.73 Å². The number of anilines is 1. The highest BCUT2D eigenvalue weighted by Crippen LogP contribution is 2.29. The van der Waals surface area contributed by atoms with Gasteiger partial charge in [0, 0.05) is 16.3 Å². The molecule has 2 aromatic rings. The van der Waals surface area contributed by atoms with Gasteiger partial charge < -0.3 is 5.73 Å². The van der Waals surface area contributed by atoms with E-state index in [0.29, 0.717) is 0 Å². The molecule has 0 fully saturated rings. The van der Waals surface area contributed by atoms with Crippen molar-refractivity contribution in [3.63, 3.8) is 0 Å². The first-order chi connectivity index (χ1) is 9.38. The molecule has 0 aliphatic rings. The van der Waals surface area contributed by atoms with Crippen molar-refractivity contribution in [2.75, 3.05) is 5.73 Å². The summed E-state index contributed by atoms with van der Waals surface area (Å²) in [5.74, 6) is 0.981. The highest BCUT2D eigenvalue weighted by molar-refractivity contribution is 7.98. The van der Waals surface area contributed by atoms with E-state index in [-0.39, 0.29) is 5.41 Å². The number of thioether (sulfide) groups is 1. The molecule has 0 saturated carbocycles. The second-order valence-electron chi connectivity index (χ2n) is 6.21. The van der Waals surface area contributed by atoms with Gasteiger partial charge in [-0.1, -0.05) is 51.1 Å². The molecule has 2 rings (SSSR count). The van der Waals surface area contributed by atoms with Crippen LogP contribution in [-0.2, 0) is 11.2 Å². The number of benzene rings is 2. The van der Waals surface area contributed by atoms with Gasteiger partial charge in [0.1, 0.15) is 0 Å². The lowest BCUT2D eigenvalue weighted by atomic mass is 9.87. The van der Waals surface area contributed by atoms with Gasteiger partial charge in [-0.3, -0.25) is 0 Å². The van der Waals surface area contributed by atoms with Crippen LogP contribution in [0, 0.1) is 6.92 Å². The van der Waals surface area contributed by atoms with Gasteiger partial charge in [-0.2, -0.15) is 0 Å². The topological polar surface area (TPSA) is 26.0 Å². The average Bonchev–Trinajstić information content (AvgIpc) is 2.40. The van der Waals surface area contributed by atoms with E-state index in [4.69, 9.17) is 5.73 Å². The van der Waals surface area contributed by atoms with Crippen molar-refractivity contribution in [2.45, 2.75) is 43.8 Å². The van der Waals surface area contributed by atoms with Gasteiger partial charge in [0.2, 0.25) is 0 Å². The van der Waals surface area contributed by atoms with Crippen LogP contribution in [0.2, 0.25) is 0 Å². The first kappa shape index (κ1) is 15.0. The molecule has 0 aliphatic heterocycles. The van der Waals surface area contributed by atoms with Gasteiger partial charge in [0.25, 0.3) is 0 Å². The lowest BCUT2D eigenvalue weighted by Crippen LogP contribution is -2.10. The highest BCUT2D eigenvalue weighted by Gasteiger charge is 2.12. The molecule has 0 bridgehead atoms. The Morgan fingerprint density at radius 3 is 2.25 bits per heavy atom. The van der Waals surface area contributed by atoms with E-state index in [1.165, 1.54) is 21.6 Å². The smallest absolute Gasteiger partial charge is 0.0354 e. The number of rotatable bonds is 3. The third-order valence-corrected chi connectivity index (χ3v) is 4.77. The average molecular weight is 285 g/mol. The highest BCUT2D eigenvalue weighted by atomic mass is 32.2. The monoisotopic (exact) mass is 285 g/mol. The van der Waals surface area contributed by atoms with Crippen molar-refractivity contribution < 1.29 is 0 Å². The van der Waals surface area contributed by atoms with Crippen LogP contribution in [0.25, 0.3) is 0 Å². The first-order valence-electron chi connectivity index (χ1n) is 6.95. The fourth-order valence-electron chi connectivity index (χ4n) is 2.05.